The van der Waals surface area contributed by atoms with E-state index in [1.165, 1.54) is 6.07 Å². The highest BCUT2D eigenvalue weighted by atomic mass is 19.1. The summed E-state index contributed by atoms with van der Waals surface area (Å²) in [5, 5.41) is 1.00. The number of furan rings is 1. The number of ether oxygens (including phenoxy) is 1. The first-order chi connectivity index (χ1) is 18.3. The SMILES string of the molecule is C=CCc1cc(OCCN2CC(CF)C2)cc(F)c1[C@@H]1c2oc3ccccc3c2C[C@@H](C)N1C(=O)C(C)C. The van der Waals surface area contributed by atoms with E-state index >= 15 is 4.39 Å². The molecule has 7 heteroatoms. The molecule has 1 saturated heterocycles. The molecule has 2 aromatic carbocycles. The molecule has 0 spiro atoms. The molecule has 38 heavy (non-hydrogen) atoms. The van der Waals surface area contributed by atoms with Crippen molar-refractivity contribution in [1.82, 2.24) is 9.80 Å². The molecule has 0 unspecified atom stereocenters. The van der Waals surface area contributed by atoms with Crippen LogP contribution in [-0.2, 0) is 17.6 Å². The molecule has 3 heterocycles. The van der Waals surface area contributed by atoms with Crippen LogP contribution >= 0.6 is 0 Å². The molecule has 0 N–H and O–H groups in total. The third-order valence-corrected chi connectivity index (χ3v) is 7.73. The first kappa shape index (κ1) is 26.4. The smallest absolute Gasteiger partial charge is 0.226 e. The highest BCUT2D eigenvalue weighted by Gasteiger charge is 2.42. The summed E-state index contributed by atoms with van der Waals surface area (Å²) in [4.78, 5) is 17.5. The van der Waals surface area contributed by atoms with Gasteiger partial charge >= 0.3 is 0 Å². The van der Waals surface area contributed by atoms with E-state index in [0.29, 0.717) is 48.6 Å². The van der Waals surface area contributed by atoms with Crippen molar-refractivity contribution in [2.75, 3.05) is 32.9 Å². The summed E-state index contributed by atoms with van der Waals surface area (Å²) in [5.74, 6) is 0.436. The van der Waals surface area contributed by atoms with Crippen LogP contribution in [0.25, 0.3) is 11.0 Å². The zero-order valence-electron chi connectivity index (χ0n) is 22.4. The number of likely N-dealkylation sites (tertiary alicyclic amines) is 1. The number of alkyl halides is 1. The molecule has 2 atom stereocenters. The van der Waals surface area contributed by atoms with Crippen LogP contribution in [0, 0.1) is 17.7 Å². The molecular weight excluding hydrogens is 486 g/mol. The van der Waals surface area contributed by atoms with Gasteiger partial charge in [0, 0.05) is 60.1 Å². The lowest BCUT2D eigenvalue weighted by Gasteiger charge is -2.41. The van der Waals surface area contributed by atoms with Crippen LogP contribution in [0.2, 0.25) is 0 Å². The van der Waals surface area contributed by atoms with Crippen LogP contribution in [-0.4, -0.2) is 54.7 Å². The van der Waals surface area contributed by atoms with Gasteiger partial charge in [-0.3, -0.25) is 14.1 Å². The van der Waals surface area contributed by atoms with Crippen molar-refractivity contribution in [2.45, 2.75) is 45.7 Å². The number of nitrogens with zero attached hydrogens (tertiary/aromatic N) is 2. The summed E-state index contributed by atoms with van der Waals surface area (Å²) in [6, 6.07) is 10.2. The normalized spacial score (nSPS) is 20.0. The summed E-state index contributed by atoms with van der Waals surface area (Å²) in [6.45, 7) is 11.9. The number of carbonyl (C=O) groups excluding carboxylic acids is 1. The van der Waals surface area contributed by atoms with Gasteiger partial charge in [0.2, 0.25) is 5.91 Å². The Labute approximate surface area is 223 Å². The zero-order valence-corrected chi connectivity index (χ0v) is 22.4. The molecule has 5 rings (SSSR count). The van der Waals surface area contributed by atoms with Gasteiger partial charge in [-0.25, -0.2) is 4.39 Å². The van der Waals surface area contributed by atoms with Crippen LogP contribution in [0.5, 0.6) is 5.75 Å². The monoisotopic (exact) mass is 522 g/mol. The molecule has 1 fully saturated rings. The summed E-state index contributed by atoms with van der Waals surface area (Å²) in [5.41, 5.74) is 2.90. The summed E-state index contributed by atoms with van der Waals surface area (Å²) >= 11 is 0. The lowest BCUT2D eigenvalue weighted by Crippen LogP contribution is -2.49. The summed E-state index contributed by atoms with van der Waals surface area (Å²) in [7, 11) is 0. The predicted octanol–water partition coefficient (Wildman–Crippen LogP) is 6.10. The molecule has 0 radical (unpaired) electrons. The van der Waals surface area contributed by atoms with Crippen molar-refractivity contribution in [3.05, 3.63) is 77.3 Å². The number of amides is 1. The fraction of sp³-hybridized carbons (Fsp3) is 0.452. The Bertz CT molecular complexity index is 1330. The Morgan fingerprint density at radius 2 is 2.03 bits per heavy atom. The number of allylic oxidation sites excluding steroid dienone is 1. The van der Waals surface area contributed by atoms with Gasteiger partial charge in [0.15, 0.2) is 0 Å². The van der Waals surface area contributed by atoms with E-state index in [2.05, 4.69) is 11.5 Å². The Kier molecular flexibility index (Phi) is 7.57. The second-order valence-corrected chi connectivity index (χ2v) is 10.9. The van der Waals surface area contributed by atoms with Crippen molar-refractivity contribution in [1.29, 1.82) is 0 Å². The number of benzene rings is 2. The Balaban J connectivity index is 1.54. The standard InChI is InChI=1S/C31H36F2N2O3/c1-5-8-22-14-23(37-12-11-34-17-21(16-32)18-34)15-26(33)28(22)29-30-25(24-9-6-7-10-27(24)38-30)13-20(4)35(29)31(36)19(2)3/h5-7,9-10,14-15,19-21,29H,1,8,11-13,16-18H2,2-4H3/t20-,29-/m1/s1. The second-order valence-electron chi connectivity index (χ2n) is 10.9. The van der Waals surface area contributed by atoms with Gasteiger partial charge in [-0.05, 0) is 37.5 Å². The number of carbonyl (C=O) groups is 1. The highest BCUT2D eigenvalue weighted by molar-refractivity contribution is 5.85. The maximum absolute atomic E-state index is 16.1. The number of hydrogen-bond donors (Lipinski definition) is 0. The van der Waals surface area contributed by atoms with Crippen molar-refractivity contribution in [3.63, 3.8) is 0 Å². The lowest BCUT2D eigenvalue weighted by molar-refractivity contribution is -0.139. The number of halogens is 2. The molecule has 1 amide bonds. The average molecular weight is 523 g/mol. The van der Waals surface area contributed by atoms with E-state index in [4.69, 9.17) is 9.15 Å². The van der Waals surface area contributed by atoms with Gasteiger partial charge in [-0.15, -0.1) is 6.58 Å². The van der Waals surface area contributed by atoms with Crippen LogP contribution in [0.4, 0.5) is 8.78 Å². The predicted molar refractivity (Wildman–Crippen MR) is 145 cm³/mol. The summed E-state index contributed by atoms with van der Waals surface area (Å²) in [6.07, 6.45) is 2.79. The van der Waals surface area contributed by atoms with Crippen LogP contribution in [0.3, 0.4) is 0 Å². The fourth-order valence-electron chi connectivity index (χ4n) is 5.85. The van der Waals surface area contributed by atoms with Gasteiger partial charge < -0.3 is 14.1 Å². The highest BCUT2D eigenvalue weighted by Crippen LogP contribution is 2.45. The average Bonchev–Trinajstić information content (AvgIpc) is 3.23. The summed E-state index contributed by atoms with van der Waals surface area (Å²) < 4.78 is 41.1. The molecule has 2 aliphatic rings. The van der Waals surface area contributed by atoms with Gasteiger partial charge in [0.1, 0.15) is 35.6 Å². The Hall–Kier alpha value is -3.19. The second kappa shape index (κ2) is 10.9. The number of hydrogen-bond acceptors (Lipinski definition) is 4. The quantitative estimate of drug-likeness (QED) is 0.319. The molecular formula is C31H36F2N2O3. The minimum atomic E-state index is -0.696. The van der Waals surface area contributed by atoms with Crippen LogP contribution in [0.15, 0.2) is 53.5 Å². The third-order valence-electron chi connectivity index (χ3n) is 7.73. The third kappa shape index (κ3) is 4.84. The van der Waals surface area contributed by atoms with Crippen molar-refractivity contribution in [3.8, 4) is 5.75 Å². The zero-order chi connectivity index (χ0) is 27.0. The van der Waals surface area contributed by atoms with Crippen LogP contribution in [0.1, 0.15) is 49.3 Å². The molecule has 0 saturated carbocycles. The number of rotatable bonds is 9. The molecule has 0 bridgehead atoms. The topological polar surface area (TPSA) is 45.9 Å². The maximum atomic E-state index is 16.1. The van der Waals surface area contributed by atoms with Gasteiger partial charge in [-0.1, -0.05) is 38.1 Å². The maximum Gasteiger partial charge on any atom is 0.226 e. The van der Waals surface area contributed by atoms with E-state index in [0.717, 1.165) is 29.6 Å². The number of para-hydroxylation sites is 1. The van der Waals surface area contributed by atoms with Crippen molar-refractivity contribution in [2.24, 2.45) is 11.8 Å². The molecule has 0 aliphatic carbocycles. The van der Waals surface area contributed by atoms with Crippen LogP contribution < -0.4 is 4.74 Å². The minimum Gasteiger partial charge on any atom is -0.492 e. The Morgan fingerprint density at radius 1 is 1.26 bits per heavy atom. The molecule has 3 aromatic rings. The van der Waals surface area contributed by atoms with Gasteiger partial charge in [0.25, 0.3) is 0 Å². The molecule has 5 nitrogen and oxygen atoms in total. The Morgan fingerprint density at radius 3 is 2.74 bits per heavy atom. The molecule has 2 aliphatic heterocycles. The lowest BCUT2D eigenvalue weighted by atomic mass is 9.85. The minimum absolute atomic E-state index is 0.0426. The van der Waals surface area contributed by atoms with Gasteiger partial charge in [0.05, 0.1) is 6.67 Å². The molecule has 1 aromatic heterocycles. The van der Waals surface area contributed by atoms with Gasteiger partial charge in [-0.2, -0.15) is 0 Å². The van der Waals surface area contributed by atoms with E-state index in [9.17, 15) is 9.18 Å². The molecule has 202 valence electrons. The fourth-order valence-corrected chi connectivity index (χ4v) is 5.85. The van der Waals surface area contributed by atoms with E-state index in [1.807, 2.05) is 51.1 Å². The van der Waals surface area contributed by atoms with E-state index < -0.39 is 11.9 Å². The first-order valence-electron chi connectivity index (χ1n) is 13.5. The largest absolute Gasteiger partial charge is 0.492 e. The van der Waals surface area contributed by atoms with Crippen molar-refractivity contribution < 1.29 is 22.7 Å². The van der Waals surface area contributed by atoms with Crippen molar-refractivity contribution >= 4 is 16.9 Å². The van der Waals surface area contributed by atoms with E-state index in [1.54, 1.807) is 11.0 Å². The first-order valence-corrected chi connectivity index (χ1v) is 13.5. The number of fused-ring (bicyclic) bond motifs is 3. The van der Waals surface area contributed by atoms with E-state index in [-0.39, 0.29) is 30.5 Å².